The Morgan fingerprint density at radius 3 is 2.69 bits per heavy atom. The van der Waals surface area contributed by atoms with E-state index >= 15 is 0 Å². The Kier molecular flexibility index (Phi) is 6.32. The van der Waals surface area contributed by atoms with Gasteiger partial charge in [-0.15, -0.1) is 11.3 Å². The van der Waals surface area contributed by atoms with E-state index in [-0.39, 0.29) is 11.3 Å². The second-order valence-electron chi connectivity index (χ2n) is 7.27. The molecule has 1 aromatic heterocycles. The number of nitrogens with zero attached hydrogens (tertiary/aromatic N) is 2. The number of ether oxygens (including phenoxy) is 1. The number of benzene rings is 2. The molecular weight excluding hydrogens is 431 g/mol. The lowest BCUT2D eigenvalue weighted by atomic mass is 9.95. The fourth-order valence-corrected chi connectivity index (χ4v) is 4.22. The number of aromatic nitrogens is 1. The van der Waals surface area contributed by atoms with E-state index in [1.165, 1.54) is 46.7 Å². The molecule has 1 atom stereocenters. The molecule has 32 heavy (non-hydrogen) atoms. The van der Waals surface area contributed by atoms with E-state index in [1.54, 1.807) is 29.6 Å². The quantitative estimate of drug-likeness (QED) is 0.234. The summed E-state index contributed by atoms with van der Waals surface area (Å²) in [6.45, 7) is 2.59. The summed E-state index contributed by atoms with van der Waals surface area (Å²) in [5.74, 6) is -1.85. The van der Waals surface area contributed by atoms with Crippen LogP contribution in [0.15, 0.2) is 65.7 Å². The minimum atomic E-state index is -0.939. The van der Waals surface area contributed by atoms with Gasteiger partial charge in [-0.2, -0.15) is 0 Å². The normalized spacial score (nSPS) is 17.7. The van der Waals surface area contributed by atoms with Crippen LogP contribution in [0, 0.1) is 5.82 Å². The first-order valence-corrected chi connectivity index (χ1v) is 11.1. The van der Waals surface area contributed by atoms with Crippen LogP contribution in [0.25, 0.3) is 5.76 Å². The number of carbonyl (C=O) groups excluding carboxylic acids is 2. The van der Waals surface area contributed by atoms with Crippen LogP contribution >= 0.6 is 11.3 Å². The highest BCUT2D eigenvalue weighted by Crippen LogP contribution is 2.42. The molecular formula is C24H21FN2O4S. The molecule has 2 heterocycles. The van der Waals surface area contributed by atoms with Crippen LogP contribution in [0.5, 0.6) is 5.75 Å². The molecule has 0 saturated carbocycles. The summed E-state index contributed by atoms with van der Waals surface area (Å²) in [6.07, 6.45) is 3.40. The second kappa shape index (κ2) is 9.32. The van der Waals surface area contributed by atoms with Gasteiger partial charge in [-0.1, -0.05) is 37.6 Å². The highest BCUT2D eigenvalue weighted by atomic mass is 32.1. The number of hydrogen-bond donors (Lipinski definition) is 1. The van der Waals surface area contributed by atoms with Crippen molar-refractivity contribution in [2.45, 2.75) is 25.8 Å². The van der Waals surface area contributed by atoms with Crippen LogP contribution in [0.1, 0.15) is 36.9 Å². The maximum absolute atomic E-state index is 13.6. The van der Waals surface area contributed by atoms with Gasteiger partial charge >= 0.3 is 5.91 Å². The van der Waals surface area contributed by atoms with Gasteiger partial charge in [0.05, 0.1) is 18.2 Å². The van der Waals surface area contributed by atoms with Crippen molar-refractivity contribution >= 4 is 33.9 Å². The molecule has 1 aliphatic heterocycles. The Labute approximate surface area is 188 Å². The molecule has 2 aromatic carbocycles. The highest BCUT2D eigenvalue weighted by molar-refractivity contribution is 7.14. The summed E-state index contributed by atoms with van der Waals surface area (Å²) in [6, 6.07) is 11.3. The number of thiazole rings is 1. The van der Waals surface area contributed by atoms with E-state index in [9.17, 15) is 19.1 Å². The zero-order valence-corrected chi connectivity index (χ0v) is 18.1. The largest absolute Gasteiger partial charge is 0.507 e. The average Bonchev–Trinajstić information content (AvgIpc) is 3.41. The minimum Gasteiger partial charge on any atom is -0.507 e. The molecule has 1 saturated heterocycles. The average molecular weight is 453 g/mol. The van der Waals surface area contributed by atoms with Gasteiger partial charge in [-0.05, 0) is 36.2 Å². The lowest BCUT2D eigenvalue weighted by Gasteiger charge is -2.23. The van der Waals surface area contributed by atoms with Crippen LogP contribution in [0.4, 0.5) is 9.52 Å². The smallest absolute Gasteiger partial charge is 0.301 e. The third-order valence-corrected chi connectivity index (χ3v) is 5.90. The third-order valence-electron chi connectivity index (χ3n) is 5.13. The molecule has 8 heteroatoms. The third kappa shape index (κ3) is 4.13. The van der Waals surface area contributed by atoms with Gasteiger partial charge in [0.2, 0.25) is 0 Å². The Hall–Kier alpha value is -3.52. The van der Waals surface area contributed by atoms with Crippen LogP contribution in [0.3, 0.4) is 0 Å². The van der Waals surface area contributed by atoms with Crippen molar-refractivity contribution in [3.63, 3.8) is 0 Å². The van der Waals surface area contributed by atoms with Crippen LogP contribution in [0.2, 0.25) is 0 Å². The van der Waals surface area contributed by atoms with Crippen molar-refractivity contribution < 1.29 is 23.8 Å². The molecule has 0 aliphatic carbocycles. The predicted octanol–water partition coefficient (Wildman–Crippen LogP) is 5.09. The molecule has 1 aliphatic rings. The SMILES string of the molecule is CCCCOc1cccc(C(O)=C2C(=O)C(=O)N(c3nccs3)C2c2ccc(F)cc2)c1. The molecule has 4 rings (SSSR count). The lowest BCUT2D eigenvalue weighted by molar-refractivity contribution is -0.132. The van der Waals surface area contributed by atoms with E-state index in [1.807, 2.05) is 0 Å². The fraction of sp³-hybridized carbons (Fsp3) is 0.208. The zero-order valence-electron chi connectivity index (χ0n) is 17.3. The number of amides is 1. The molecule has 1 unspecified atom stereocenters. The molecule has 6 nitrogen and oxygen atoms in total. The van der Waals surface area contributed by atoms with Gasteiger partial charge in [0.25, 0.3) is 5.78 Å². The maximum Gasteiger partial charge on any atom is 0.301 e. The van der Waals surface area contributed by atoms with Crippen molar-refractivity contribution in [1.82, 2.24) is 4.98 Å². The van der Waals surface area contributed by atoms with Crippen molar-refractivity contribution in [2.75, 3.05) is 11.5 Å². The fourth-order valence-electron chi connectivity index (χ4n) is 3.55. The lowest BCUT2D eigenvalue weighted by Crippen LogP contribution is -2.29. The molecule has 1 N–H and O–H groups in total. The van der Waals surface area contributed by atoms with Gasteiger partial charge in [-0.25, -0.2) is 9.37 Å². The monoisotopic (exact) mass is 452 g/mol. The molecule has 0 spiro atoms. The topological polar surface area (TPSA) is 79.7 Å². The summed E-state index contributed by atoms with van der Waals surface area (Å²) < 4.78 is 19.3. The first-order chi connectivity index (χ1) is 15.5. The Morgan fingerprint density at radius 1 is 1.22 bits per heavy atom. The van der Waals surface area contributed by atoms with Gasteiger partial charge in [0, 0.05) is 17.1 Å². The van der Waals surface area contributed by atoms with Crippen molar-refractivity contribution in [1.29, 1.82) is 0 Å². The summed E-state index contributed by atoms with van der Waals surface area (Å²) in [4.78, 5) is 31.4. The summed E-state index contributed by atoms with van der Waals surface area (Å²) >= 11 is 1.19. The van der Waals surface area contributed by atoms with Crippen LogP contribution in [-0.4, -0.2) is 28.4 Å². The van der Waals surface area contributed by atoms with E-state index in [2.05, 4.69) is 11.9 Å². The van der Waals surface area contributed by atoms with E-state index in [4.69, 9.17) is 4.74 Å². The van der Waals surface area contributed by atoms with Gasteiger partial charge < -0.3 is 9.84 Å². The molecule has 0 bridgehead atoms. The first-order valence-electron chi connectivity index (χ1n) is 10.2. The van der Waals surface area contributed by atoms with Crippen molar-refractivity contribution in [3.8, 4) is 5.75 Å². The number of Topliss-reactive ketones (excluding diaryl/α,β-unsaturated/α-hetero) is 1. The number of hydrogen-bond acceptors (Lipinski definition) is 6. The number of anilines is 1. The van der Waals surface area contributed by atoms with Gasteiger partial charge in [0.1, 0.15) is 17.3 Å². The molecule has 3 aromatic rings. The number of carbonyl (C=O) groups is 2. The number of halogens is 1. The van der Waals surface area contributed by atoms with E-state index < -0.39 is 23.5 Å². The predicted molar refractivity (Wildman–Crippen MR) is 120 cm³/mol. The minimum absolute atomic E-state index is 0.0810. The van der Waals surface area contributed by atoms with E-state index in [0.717, 1.165) is 12.8 Å². The first kappa shape index (κ1) is 21.7. The maximum atomic E-state index is 13.6. The molecule has 0 radical (unpaired) electrons. The van der Waals surface area contributed by atoms with Gasteiger partial charge in [-0.3, -0.25) is 14.5 Å². The number of rotatable bonds is 7. The Morgan fingerprint density at radius 2 is 2.00 bits per heavy atom. The number of ketones is 1. The highest BCUT2D eigenvalue weighted by Gasteiger charge is 2.48. The van der Waals surface area contributed by atoms with E-state index in [0.29, 0.717) is 28.6 Å². The molecule has 164 valence electrons. The van der Waals surface area contributed by atoms with Crippen molar-refractivity contribution in [3.05, 3.63) is 82.6 Å². The Balaban J connectivity index is 1.82. The standard InChI is InChI=1S/C24H21FN2O4S/c1-2-3-12-31-18-6-4-5-16(14-18)21(28)19-20(15-7-9-17(25)10-8-15)27(23(30)22(19)29)24-26-11-13-32-24/h4-11,13-14,20,28H,2-3,12H2,1H3. The van der Waals surface area contributed by atoms with Gasteiger partial charge in [0.15, 0.2) is 5.13 Å². The summed E-state index contributed by atoms with van der Waals surface area (Å²) in [5.41, 5.74) is 0.753. The van der Waals surface area contributed by atoms with Crippen molar-refractivity contribution in [2.24, 2.45) is 0 Å². The molecule has 1 fully saturated rings. The van der Waals surface area contributed by atoms with Crippen LogP contribution < -0.4 is 9.64 Å². The second-order valence-corrected chi connectivity index (χ2v) is 8.14. The number of aliphatic hydroxyl groups is 1. The Bertz CT molecular complexity index is 1160. The summed E-state index contributed by atoms with van der Waals surface area (Å²) in [5, 5.41) is 13.1. The number of unbranched alkanes of at least 4 members (excludes halogenated alkanes) is 1. The zero-order chi connectivity index (χ0) is 22.7. The number of aliphatic hydroxyl groups excluding tert-OH is 1. The summed E-state index contributed by atoms with van der Waals surface area (Å²) in [7, 11) is 0. The molecule has 1 amide bonds. The van der Waals surface area contributed by atoms with Crippen LogP contribution in [-0.2, 0) is 9.59 Å².